The number of benzene rings is 2. The molecule has 3 rings (SSSR count). The van der Waals surface area contributed by atoms with Gasteiger partial charge in [-0.2, -0.15) is 0 Å². The average molecular weight is 330 g/mol. The summed E-state index contributed by atoms with van der Waals surface area (Å²) in [6, 6.07) is 15.3. The molecule has 23 heavy (non-hydrogen) atoms. The van der Waals surface area contributed by atoms with Crippen LogP contribution in [-0.2, 0) is 16.8 Å². The molecule has 0 N–H and O–H groups in total. The van der Waals surface area contributed by atoms with Gasteiger partial charge in [0.15, 0.2) is 0 Å². The van der Waals surface area contributed by atoms with Crippen LogP contribution < -0.4 is 0 Å². The zero-order valence-electron chi connectivity index (χ0n) is 13.4. The third kappa shape index (κ3) is 3.12. The second-order valence-corrected chi connectivity index (χ2v) is 6.66. The first kappa shape index (κ1) is 16.0. The molecule has 1 aliphatic rings. The number of hydrogen-bond donors (Lipinski definition) is 0. The van der Waals surface area contributed by atoms with Crippen molar-refractivity contribution >= 4 is 17.6 Å². The van der Waals surface area contributed by atoms with E-state index in [0.717, 1.165) is 17.7 Å². The Morgan fingerprint density at radius 3 is 2.57 bits per heavy atom. The summed E-state index contributed by atoms with van der Waals surface area (Å²) >= 11 is 6.43. The minimum Gasteiger partial charge on any atom is -0.450 e. The van der Waals surface area contributed by atoms with Crippen molar-refractivity contribution in [1.29, 1.82) is 0 Å². The fraction of sp³-hybridized carbons (Fsp3) is 0.316. The lowest BCUT2D eigenvalue weighted by Gasteiger charge is -2.39. The van der Waals surface area contributed by atoms with Gasteiger partial charge in [0.05, 0.1) is 5.56 Å². The van der Waals surface area contributed by atoms with Gasteiger partial charge in [-0.1, -0.05) is 48.0 Å². The fourth-order valence-electron chi connectivity index (χ4n) is 3.11. The molecule has 1 aliphatic heterocycles. The van der Waals surface area contributed by atoms with E-state index in [1.165, 1.54) is 0 Å². The number of ether oxygens (including phenoxy) is 1. The van der Waals surface area contributed by atoms with Crippen molar-refractivity contribution in [3.05, 3.63) is 70.2 Å². The molecule has 2 aromatic rings. The monoisotopic (exact) mass is 329 g/mol. The maximum absolute atomic E-state index is 12.6. The van der Waals surface area contributed by atoms with E-state index in [0.29, 0.717) is 23.4 Å². The number of esters is 1. The summed E-state index contributed by atoms with van der Waals surface area (Å²) in [6.07, 6.45) is 1.34. The molecule has 120 valence electrons. The van der Waals surface area contributed by atoms with Crippen molar-refractivity contribution in [2.24, 2.45) is 0 Å². The maximum Gasteiger partial charge on any atom is 0.339 e. The highest BCUT2D eigenvalue weighted by atomic mass is 35.5. The van der Waals surface area contributed by atoms with Crippen molar-refractivity contribution in [2.75, 3.05) is 20.6 Å². The molecule has 3 nitrogen and oxygen atoms in total. The van der Waals surface area contributed by atoms with Gasteiger partial charge in [0, 0.05) is 30.0 Å². The predicted molar refractivity (Wildman–Crippen MR) is 91.9 cm³/mol. The van der Waals surface area contributed by atoms with Crippen molar-refractivity contribution in [2.45, 2.75) is 18.4 Å². The summed E-state index contributed by atoms with van der Waals surface area (Å²) in [6.45, 7) is 0.806. The first-order valence-electron chi connectivity index (χ1n) is 7.73. The molecule has 0 bridgehead atoms. The zero-order valence-corrected chi connectivity index (χ0v) is 14.1. The summed E-state index contributed by atoms with van der Waals surface area (Å²) in [7, 11) is 4.03. The van der Waals surface area contributed by atoms with Gasteiger partial charge in [-0.3, -0.25) is 0 Å². The Morgan fingerprint density at radius 2 is 1.83 bits per heavy atom. The maximum atomic E-state index is 12.6. The number of cyclic esters (lactones) is 1. The molecular formula is C19H20ClNO2. The summed E-state index contributed by atoms with van der Waals surface area (Å²) < 4.78 is 5.97. The second kappa shape index (κ2) is 6.34. The Kier molecular flexibility index (Phi) is 4.42. The van der Waals surface area contributed by atoms with Crippen LogP contribution in [0.15, 0.2) is 48.5 Å². The summed E-state index contributed by atoms with van der Waals surface area (Å²) in [5.41, 5.74) is 1.84. The highest BCUT2D eigenvalue weighted by molar-refractivity contribution is 6.31. The van der Waals surface area contributed by atoms with Crippen molar-refractivity contribution in [3.63, 3.8) is 0 Å². The van der Waals surface area contributed by atoms with Crippen LogP contribution in [0, 0.1) is 0 Å². The number of halogens is 1. The van der Waals surface area contributed by atoms with Crippen molar-refractivity contribution in [3.8, 4) is 0 Å². The van der Waals surface area contributed by atoms with Crippen LogP contribution in [0.1, 0.15) is 27.9 Å². The molecule has 1 atom stereocenters. The molecule has 1 unspecified atom stereocenters. The first-order valence-corrected chi connectivity index (χ1v) is 8.11. The molecule has 0 radical (unpaired) electrons. The minimum absolute atomic E-state index is 0.273. The first-order chi connectivity index (χ1) is 11.0. The molecular weight excluding hydrogens is 310 g/mol. The molecule has 2 aromatic carbocycles. The zero-order chi connectivity index (χ0) is 16.4. The molecule has 0 fully saturated rings. The SMILES string of the molecule is CN(C)CCC1(c2ccccc2Cl)Cc2ccccc2C(=O)O1. The van der Waals surface area contributed by atoms with Gasteiger partial charge in [-0.25, -0.2) is 4.79 Å². The van der Waals surface area contributed by atoms with Crippen molar-refractivity contribution < 1.29 is 9.53 Å². The van der Waals surface area contributed by atoms with Crippen LogP contribution in [0.3, 0.4) is 0 Å². The van der Waals surface area contributed by atoms with Crippen LogP contribution in [0.2, 0.25) is 5.02 Å². The number of rotatable bonds is 4. The van der Waals surface area contributed by atoms with E-state index in [4.69, 9.17) is 16.3 Å². The van der Waals surface area contributed by atoms with Crippen LogP contribution in [-0.4, -0.2) is 31.5 Å². The van der Waals surface area contributed by atoms with Gasteiger partial charge in [0.1, 0.15) is 5.60 Å². The van der Waals surface area contributed by atoms with E-state index in [9.17, 15) is 4.79 Å². The lowest BCUT2D eigenvalue weighted by molar-refractivity contribution is -0.0354. The quantitative estimate of drug-likeness (QED) is 0.797. The number of hydrogen-bond acceptors (Lipinski definition) is 3. The van der Waals surface area contributed by atoms with Gasteiger partial charge < -0.3 is 9.64 Å². The molecule has 0 spiro atoms. The van der Waals surface area contributed by atoms with Gasteiger partial charge in [-0.05, 0) is 31.8 Å². The number of carbonyl (C=O) groups is 1. The molecule has 4 heteroatoms. The minimum atomic E-state index is -0.714. The Hall–Kier alpha value is -1.84. The Morgan fingerprint density at radius 1 is 1.13 bits per heavy atom. The van der Waals surface area contributed by atoms with E-state index >= 15 is 0 Å². The second-order valence-electron chi connectivity index (χ2n) is 6.25. The average Bonchev–Trinajstić information content (AvgIpc) is 2.53. The molecule has 0 saturated heterocycles. The summed E-state index contributed by atoms with van der Waals surface area (Å²) in [5.74, 6) is -0.273. The van der Waals surface area contributed by atoms with E-state index in [1.807, 2.05) is 62.6 Å². The summed E-state index contributed by atoms with van der Waals surface area (Å²) in [4.78, 5) is 14.6. The normalized spacial score (nSPS) is 20.3. The third-order valence-electron chi connectivity index (χ3n) is 4.33. The Labute approximate surface area is 141 Å². The Balaban J connectivity index is 2.08. The molecule has 0 aromatic heterocycles. The van der Waals surface area contributed by atoms with E-state index < -0.39 is 5.60 Å². The fourth-order valence-corrected chi connectivity index (χ4v) is 3.42. The lowest BCUT2D eigenvalue weighted by Crippen LogP contribution is -2.41. The lowest BCUT2D eigenvalue weighted by atomic mass is 9.80. The number of fused-ring (bicyclic) bond motifs is 1. The van der Waals surface area contributed by atoms with Gasteiger partial charge >= 0.3 is 5.97 Å². The standard InChI is InChI=1S/C19H20ClNO2/c1-21(2)12-11-19(16-9-5-6-10-17(16)20)13-14-7-3-4-8-15(14)18(22)23-19/h3-10H,11-13H2,1-2H3. The van der Waals surface area contributed by atoms with Gasteiger partial charge in [-0.15, -0.1) is 0 Å². The smallest absolute Gasteiger partial charge is 0.339 e. The number of carbonyl (C=O) groups excluding carboxylic acids is 1. The molecule has 0 aliphatic carbocycles. The summed E-state index contributed by atoms with van der Waals surface area (Å²) in [5, 5.41) is 0.637. The van der Waals surface area contributed by atoms with Crippen LogP contribution in [0.5, 0.6) is 0 Å². The molecule has 1 heterocycles. The largest absolute Gasteiger partial charge is 0.450 e. The van der Waals surface area contributed by atoms with Crippen LogP contribution in [0.25, 0.3) is 0 Å². The Bertz CT molecular complexity index is 729. The van der Waals surface area contributed by atoms with Crippen LogP contribution >= 0.6 is 11.6 Å². The molecule has 0 saturated carbocycles. The third-order valence-corrected chi connectivity index (χ3v) is 4.66. The highest BCUT2D eigenvalue weighted by Gasteiger charge is 2.42. The number of nitrogens with zero attached hydrogens (tertiary/aromatic N) is 1. The highest BCUT2D eigenvalue weighted by Crippen LogP contribution is 2.41. The van der Waals surface area contributed by atoms with E-state index in [1.54, 1.807) is 0 Å². The van der Waals surface area contributed by atoms with Gasteiger partial charge in [0.25, 0.3) is 0 Å². The van der Waals surface area contributed by atoms with E-state index in [2.05, 4.69) is 4.90 Å². The van der Waals surface area contributed by atoms with Crippen molar-refractivity contribution in [1.82, 2.24) is 4.90 Å². The molecule has 0 amide bonds. The van der Waals surface area contributed by atoms with E-state index in [-0.39, 0.29) is 5.97 Å². The van der Waals surface area contributed by atoms with Gasteiger partial charge in [0.2, 0.25) is 0 Å². The van der Waals surface area contributed by atoms with Crippen LogP contribution in [0.4, 0.5) is 0 Å². The topological polar surface area (TPSA) is 29.5 Å². The predicted octanol–water partition coefficient (Wildman–Crippen LogP) is 3.90.